The number of rotatable bonds is 4. The van der Waals surface area contributed by atoms with Gasteiger partial charge in [-0.1, -0.05) is 6.92 Å². The molecule has 114 valence electrons. The number of aromatic nitrogens is 1. The summed E-state index contributed by atoms with van der Waals surface area (Å²) in [6.45, 7) is 6.19. The molecule has 0 aromatic carbocycles. The molecule has 1 aromatic rings. The highest BCUT2D eigenvalue weighted by molar-refractivity contribution is 7.09. The van der Waals surface area contributed by atoms with Gasteiger partial charge in [0.2, 0.25) is 11.8 Å². The van der Waals surface area contributed by atoms with Crippen LogP contribution in [0.3, 0.4) is 0 Å². The van der Waals surface area contributed by atoms with E-state index < -0.39 is 5.54 Å². The van der Waals surface area contributed by atoms with Crippen LogP contribution in [0, 0.1) is 12.8 Å². The summed E-state index contributed by atoms with van der Waals surface area (Å²) in [5.41, 5.74) is 0.144. The molecule has 0 bridgehead atoms. The first-order valence-corrected chi connectivity index (χ1v) is 8.37. The van der Waals surface area contributed by atoms with Crippen LogP contribution >= 0.6 is 11.3 Å². The maximum atomic E-state index is 12.9. The lowest BCUT2D eigenvalue weighted by Gasteiger charge is -2.44. The normalized spacial score (nSPS) is 29.7. The van der Waals surface area contributed by atoms with Crippen LogP contribution in [0.1, 0.15) is 43.8 Å². The molecular formula is C15H21N3O2S. The summed E-state index contributed by atoms with van der Waals surface area (Å²) in [5.74, 6) is 0.298. The highest BCUT2D eigenvalue weighted by atomic mass is 32.1. The Bertz CT molecular complexity index is 581. The smallest absolute Gasteiger partial charge is 0.249 e. The van der Waals surface area contributed by atoms with E-state index in [0.29, 0.717) is 13.0 Å². The van der Waals surface area contributed by atoms with E-state index in [1.54, 1.807) is 16.2 Å². The molecule has 2 heterocycles. The van der Waals surface area contributed by atoms with Crippen LogP contribution in [0.5, 0.6) is 0 Å². The van der Waals surface area contributed by atoms with Crippen LogP contribution in [0.15, 0.2) is 5.38 Å². The second-order valence-electron chi connectivity index (χ2n) is 6.18. The van der Waals surface area contributed by atoms with Gasteiger partial charge in [0.05, 0.1) is 17.2 Å². The van der Waals surface area contributed by atoms with Crippen molar-refractivity contribution in [2.75, 3.05) is 0 Å². The van der Waals surface area contributed by atoms with Gasteiger partial charge in [0.15, 0.2) is 0 Å². The molecule has 1 aromatic heterocycles. The van der Waals surface area contributed by atoms with Crippen molar-refractivity contribution in [2.24, 2.45) is 5.92 Å². The monoisotopic (exact) mass is 307 g/mol. The van der Waals surface area contributed by atoms with E-state index in [1.165, 1.54) is 0 Å². The first-order chi connectivity index (χ1) is 9.95. The molecular weight excluding hydrogens is 286 g/mol. The van der Waals surface area contributed by atoms with E-state index in [-0.39, 0.29) is 23.8 Å². The van der Waals surface area contributed by atoms with Crippen molar-refractivity contribution in [3.8, 4) is 0 Å². The first-order valence-electron chi connectivity index (χ1n) is 7.49. The minimum atomic E-state index is -0.728. The summed E-state index contributed by atoms with van der Waals surface area (Å²) in [6.07, 6.45) is 2.66. The van der Waals surface area contributed by atoms with Crippen LogP contribution in [0.25, 0.3) is 0 Å². The Hall–Kier alpha value is -1.43. The van der Waals surface area contributed by atoms with Crippen LogP contribution < -0.4 is 5.32 Å². The van der Waals surface area contributed by atoms with Gasteiger partial charge in [-0.3, -0.25) is 9.59 Å². The van der Waals surface area contributed by atoms with E-state index in [4.69, 9.17) is 0 Å². The van der Waals surface area contributed by atoms with Gasteiger partial charge < -0.3 is 10.2 Å². The number of nitrogens with one attached hydrogen (secondary N) is 1. The first kappa shape index (κ1) is 14.5. The fourth-order valence-electron chi connectivity index (χ4n) is 3.15. The third-order valence-corrected chi connectivity index (χ3v) is 5.37. The number of thiazole rings is 1. The van der Waals surface area contributed by atoms with Crippen molar-refractivity contribution in [1.29, 1.82) is 0 Å². The highest BCUT2D eigenvalue weighted by Crippen LogP contribution is 2.42. The molecule has 2 unspecified atom stereocenters. The number of hydrogen-bond acceptors (Lipinski definition) is 4. The molecule has 2 fully saturated rings. The minimum absolute atomic E-state index is 0.0292. The summed E-state index contributed by atoms with van der Waals surface area (Å²) < 4.78 is 0. The van der Waals surface area contributed by atoms with Crippen molar-refractivity contribution in [3.05, 3.63) is 16.1 Å². The van der Waals surface area contributed by atoms with E-state index in [2.05, 4.69) is 10.3 Å². The third-order valence-electron chi connectivity index (χ3n) is 4.55. The van der Waals surface area contributed by atoms with Gasteiger partial charge in [0, 0.05) is 5.38 Å². The predicted octanol–water partition coefficient (Wildman–Crippen LogP) is 1.86. The van der Waals surface area contributed by atoms with Gasteiger partial charge >= 0.3 is 0 Å². The maximum absolute atomic E-state index is 12.9. The third kappa shape index (κ3) is 2.46. The largest absolute Gasteiger partial charge is 0.340 e. The van der Waals surface area contributed by atoms with E-state index in [0.717, 1.165) is 23.5 Å². The van der Waals surface area contributed by atoms with Gasteiger partial charge in [-0.15, -0.1) is 11.3 Å². The van der Waals surface area contributed by atoms with Crippen LogP contribution in [0.4, 0.5) is 0 Å². The average molecular weight is 307 g/mol. The molecule has 1 aliphatic heterocycles. The van der Waals surface area contributed by atoms with E-state index in [1.807, 2.05) is 26.2 Å². The molecule has 0 radical (unpaired) electrons. The number of piperazine rings is 1. The van der Waals surface area contributed by atoms with E-state index >= 15 is 0 Å². The summed E-state index contributed by atoms with van der Waals surface area (Å²) in [5, 5.41) is 5.93. The summed E-state index contributed by atoms with van der Waals surface area (Å²) in [7, 11) is 0. The van der Waals surface area contributed by atoms with Crippen LogP contribution in [-0.4, -0.2) is 33.3 Å². The molecule has 3 rings (SSSR count). The minimum Gasteiger partial charge on any atom is -0.340 e. The van der Waals surface area contributed by atoms with Gasteiger partial charge in [-0.05, 0) is 39.0 Å². The maximum Gasteiger partial charge on any atom is 0.249 e. The van der Waals surface area contributed by atoms with Crippen molar-refractivity contribution in [1.82, 2.24) is 15.2 Å². The molecule has 5 nitrogen and oxygen atoms in total. The Morgan fingerprint density at radius 1 is 1.48 bits per heavy atom. The molecule has 1 N–H and O–H groups in total. The fourth-order valence-corrected chi connectivity index (χ4v) is 3.76. The van der Waals surface area contributed by atoms with Crippen LogP contribution in [0.2, 0.25) is 0 Å². The van der Waals surface area contributed by atoms with Crippen molar-refractivity contribution < 1.29 is 9.59 Å². The van der Waals surface area contributed by atoms with Gasteiger partial charge in [-0.2, -0.15) is 0 Å². The number of amides is 2. The van der Waals surface area contributed by atoms with Gasteiger partial charge in [0.25, 0.3) is 0 Å². The molecule has 1 aliphatic carbocycles. The molecule has 2 amide bonds. The molecule has 6 heteroatoms. The number of aryl methyl sites for hydroxylation is 1. The SMILES string of the molecule is CCC1C(=O)NC(C)(C2CC2)C(=O)N1Cc1csc(C)n1. The molecule has 1 saturated heterocycles. The number of nitrogens with zero attached hydrogens (tertiary/aromatic N) is 2. The Morgan fingerprint density at radius 3 is 2.71 bits per heavy atom. The fraction of sp³-hybridized carbons (Fsp3) is 0.667. The number of carbonyl (C=O) groups excluding carboxylic acids is 2. The Labute approximate surface area is 128 Å². The lowest BCUT2D eigenvalue weighted by Crippen LogP contribution is -2.69. The lowest BCUT2D eigenvalue weighted by molar-refractivity contribution is -0.156. The van der Waals surface area contributed by atoms with Gasteiger partial charge in [-0.25, -0.2) is 4.98 Å². The highest BCUT2D eigenvalue weighted by Gasteiger charge is 2.54. The van der Waals surface area contributed by atoms with Crippen molar-refractivity contribution >= 4 is 23.2 Å². The topological polar surface area (TPSA) is 62.3 Å². The lowest BCUT2D eigenvalue weighted by atomic mass is 9.88. The number of carbonyl (C=O) groups is 2. The standard InChI is InChI=1S/C15H21N3O2S/c1-4-12-13(19)17-15(3,10-5-6-10)14(20)18(12)7-11-8-21-9(2)16-11/h8,10,12H,4-7H2,1-3H3,(H,17,19). The molecule has 1 saturated carbocycles. The predicted molar refractivity (Wildman–Crippen MR) is 80.8 cm³/mol. The Morgan fingerprint density at radius 2 is 2.19 bits per heavy atom. The number of hydrogen-bond donors (Lipinski definition) is 1. The zero-order chi connectivity index (χ0) is 15.2. The van der Waals surface area contributed by atoms with Crippen molar-refractivity contribution in [2.45, 2.75) is 58.2 Å². The zero-order valence-corrected chi connectivity index (χ0v) is 13.5. The molecule has 2 atom stereocenters. The van der Waals surface area contributed by atoms with Crippen LogP contribution in [-0.2, 0) is 16.1 Å². The molecule has 0 spiro atoms. The summed E-state index contributed by atoms with van der Waals surface area (Å²) in [4.78, 5) is 31.5. The zero-order valence-electron chi connectivity index (χ0n) is 12.7. The van der Waals surface area contributed by atoms with Crippen molar-refractivity contribution in [3.63, 3.8) is 0 Å². The molecule has 2 aliphatic rings. The Balaban J connectivity index is 1.89. The second-order valence-corrected chi connectivity index (χ2v) is 7.24. The Kier molecular flexibility index (Phi) is 3.51. The van der Waals surface area contributed by atoms with Gasteiger partial charge in [0.1, 0.15) is 11.6 Å². The molecule has 21 heavy (non-hydrogen) atoms. The quantitative estimate of drug-likeness (QED) is 0.923. The second kappa shape index (κ2) is 5.09. The average Bonchev–Trinajstić information content (AvgIpc) is 3.21. The summed E-state index contributed by atoms with van der Waals surface area (Å²) >= 11 is 1.57. The summed E-state index contributed by atoms with van der Waals surface area (Å²) in [6, 6.07) is -0.383. The van der Waals surface area contributed by atoms with E-state index in [9.17, 15) is 9.59 Å².